The molecule has 128 valence electrons. The largest absolute Gasteiger partial charge is 0.277 e. The lowest BCUT2D eigenvalue weighted by atomic mass is 10.2. The Morgan fingerprint density at radius 1 is 1.04 bits per heavy atom. The third kappa shape index (κ3) is 4.26. The van der Waals surface area contributed by atoms with Gasteiger partial charge in [0.2, 0.25) is 0 Å². The molecular weight excluding hydrogens is 380 g/mol. The fourth-order valence-electron chi connectivity index (χ4n) is 2.10. The van der Waals surface area contributed by atoms with Crippen molar-refractivity contribution < 1.29 is 13.2 Å². The number of hydrogen-bond acceptors (Lipinski definition) is 4. The Bertz CT molecular complexity index is 1040. The van der Waals surface area contributed by atoms with Gasteiger partial charge in [-0.2, -0.15) is 0 Å². The second kappa shape index (κ2) is 7.37. The van der Waals surface area contributed by atoms with Crippen molar-refractivity contribution in [1.29, 1.82) is 0 Å². The molecule has 2 aromatic carbocycles. The van der Waals surface area contributed by atoms with Crippen LogP contribution < -0.4 is 10.3 Å². The average molecular weight is 393 g/mol. The molecule has 1 heterocycles. The number of halogens is 1. The maximum atomic E-state index is 12.2. The third-order valence-corrected chi connectivity index (χ3v) is 5.84. The number of rotatable bonds is 5. The molecule has 3 aromatic rings. The monoisotopic (exact) mass is 392 g/mol. The Kier molecular flexibility index (Phi) is 5.19. The molecule has 0 aliphatic heterocycles. The second-order valence-electron chi connectivity index (χ2n) is 5.06. The van der Waals surface area contributed by atoms with E-state index in [9.17, 15) is 13.2 Å². The summed E-state index contributed by atoms with van der Waals surface area (Å²) >= 11 is 7.40. The van der Waals surface area contributed by atoms with Crippen LogP contribution in [0.2, 0.25) is 5.02 Å². The van der Waals surface area contributed by atoms with Crippen molar-refractivity contribution in [1.82, 2.24) is 10.3 Å². The zero-order valence-electron chi connectivity index (χ0n) is 12.8. The minimum absolute atomic E-state index is 0.248. The van der Waals surface area contributed by atoms with Crippen LogP contribution in [-0.2, 0) is 10.0 Å². The fraction of sp³-hybridized carbons (Fsp3) is 0. The summed E-state index contributed by atoms with van der Waals surface area (Å²) in [5.74, 6) is -0.608. The molecule has 0 aliphatic carbocycles. The van der Waals surface area contributed by atoms with Gasteiger partial charge in [0.1, 0.15) is 4.88 Å². The Labute approximate surface area is 154 Å². The summed E-state index contributed by atoms with van der Waals surface area (Å²) in [6.07, 6.45) is 1.43. The Morgan fingerprint density at radius 2 is 1.72 bits per heavy atom. The van der Waals surface area contributed by atoms with Crippen LogP contribution in [0.15, 0.2) is 60.0 Å². The number of nitrogens with one attached hydrogen (secondary N) is 2. The molecule has 5 nitrogen and oxygen atoms in total. The van der Waals surface area contributed by atoms with Gasteiger partial charge in [0.25, 0.3) is 15.9 Å². The molecule has 0 radical (unpaired) electrons. The number of benzene rings is 2. The predicted molar refractivity (Wildman–Crippen MR) is 102 cm³/mol. The van der Waals surface area contributed by atoms with Crippen molar-refractivity contribution in [3.05, 3.63) is 75.5 Å². The lowest BCUT2D eigenvalue weighted by Crippen LogP contribution is -2.40. The van der Waals surface area contributed by atoms with Crippen LogP contribution in [0.25, 0.3) is 16.2 Å². The van der Waals surface area contributed by atoms with Crippen molar-refractivity contribution in [2.24, 2.45) is 0 Å². The standard InChI is InChI=1S/C17H13ClN2O3S2/c18-15-13-8-4-5-9-14(13)24-16(15)17(21)19-20-25(22,23)11-10-12-6-2-1-3-7-12/h1-11,20H,(H,19,21)/b11-10+. The minimum Gasteiger partial charge on any atom is -0.273 e. The van der Waals surface area contributed by atoms with Gasteiger partial charge in [-0.05, 0) is 17.7 Å². The summed E-state index contributed by atoms with van der Waals surface area (Å²) in [6, 6.07) is 16.3. The van der Waals surface area contributed by atoms with E-state index in [1.165, 1.54) is 17.4 Å². The smallest absolute Gasteiger partial charge is 0.273 e. The highest BCUT2D eigenvalue weighted by Gasteiger charge is 2.18. The van der Waals surface area contributed by atoms with Gasteiger partial charge in [-0.1, -0.05) is 60.1 Å². The molecule has 2 N–H and O–H groups in total. The van der Waals surface area contributed by atoms with Gasteiger partial charge in [-0.15, -0.1) is 16.2 Å². The number of fused-ring (bicyclic) bond motifs is 1. The van der Waals surface area contributed by atoms with Crippen LogP contribution >= 0.6 is 22.9 Å². The van der Waals surface area contributed by atoms with Gasteiger partial charge in [0.05, 0.1) is 5.02 Å². The number of thiophene rings is 1. The average Bonchev–Trinajstić information content (AvgIpc) is 2.96. The molecule has 0 saturated carbocycles. The molecule has 1 amide bonds. The lowest BCUT2D eigenvalue weighted by Gasteiger charge is -2.04. The molecule has 0 aliphatic rings. The van der Waals surface area contributed by atoms with E-state index in [4.69, 9.17) is 11.6 Å². The first-order chi connectivity index (χ1) is 12.0. The highest BCUT2D eigenvalue weighted by Crippen LogP contribution is 2.34. The van der Waals surface area contributed by atoms with Crippen molar-refractivity contribution in [2.75, 3.05) is 0 Å². The lowest BCUT2D eigenvalue weighted by molar-refractivity contribution is 0.0949. The van der Waals surface area contributed by atoms with Crippen molar-refractivity contribution >= 4 is 55.0 Å². The van der Waals surface area contributed by atoms with Crippen molar-refractivity contribution in [3.8, 4) is 0 Å². The molecule has 0 fully saturated rings. The molecule has 0 atom stereocenters. The topological polar surface area (TPSA) is 75.3 Å². The maximum absolute atomic E-state index is 12.2. The Hall–Kier alpha value is -2.19. The van der Waals surface area contributed by atoms with E-state index in [0.717, 1.165) is 21.1 Å². The number of carbonyl (C=O) groups excluding carboxylic acids is 1. The summed E-state index contributed by atoms with van der Waals surface area (Å²) < 4.78 is 24.8. The number of amides is 1. The number of sulfonamides is 1. The van der Waals surface area contributed by atoms with E-state index in [1.807, 2.05) is 29.1 Å². The van der Waals surface area contributed by atoms with Crippen LogP contribution in [0, 0.1) is 0 Å². The Morgan fingerprint density at radius 3 is 2.44 bits per heavy atom. The molecule has 1 aromatic heterocycles. The SMILES string of the molecule is O=C(NNS(=O)(=O)/C=C/c1ccccc1)c1sc2ccccc2c1Cl. The van der Waals surface area contributed by atoms with Crippen LogP contribution in [0.1, 0.15) is 15.2 Å². The molecule has 3 rings (SSSR count). The number of carbonyl (C=O) groups is 1. The maximum Gasteiger partial charge on any atom is 0.277 e. The van der Waals surface area contributed by atoms with Crippen LogP contribution in [-0.4, -0.2) is 14.3 Å². The summed E-state index contributed by atoms with van der Waals surface area (Å²) in [5.41, 5.74) is 2.90. The van der Waals surface area contributed by atoms with Gasteiger partial charge in [0.15, 0.2) is 0 Å². The normalized spacial score (nSPS) is 11.9. The van der Waals surface area contributed by atoms with Crippen LogP contribution in [0.4, 0.5) is 0 Å². The van der Waals surface area contributed by atoms with Gasteiger partial charge in [-0.25, -0.2) is 8.42 Å². The third-order valence-electron chi connectivity index (χ3n) is 3.29. The van der Waals surface area contributed by atoms with Gasteiger partial charge >= 0.3 is 0 Å². The molecule has 8 heteroatoms. The zero-order valence-corrected chi connectivity index (χ0v) is 15.2. The molecule has 0 spiro atoms. The van der Waals surface area contributed by atoms with E-state index < -0.39 is 15.9 Å². The number of hydrazine groups is 1. The predicted octanol–water partition coefficient (Wildman–Crippen LogP) is 3.79. The first-order valence-corrected chi connectivity index (χ1v) is 9.93. The molecule has 25 heavy (non-hydrogen) atoms. The summed E-state index contributed by atoms with van der Waals surface area (Å²) in [5, 5.41) is 2.04. The summed E-state index contributed by atoms with van der Waals surface area (Å²) in [7, 11) is -3.83. The molecular formula is C17H13ClN2O3S2. The highest BCUT2D eigenvalue weighted by atomic mass is 35.5. The quantitative estimate of drug-likeness (QED) is 0.648. The Balaban J connectivity index is 1.70. The van der Waals surface area contributed by atoms with Crippen LogP contribution in [0.3, 0.4) is 0 Å². The van der Waals surface area contributed by atoms with Gasteiger partial charge in [-0.3, -0.25) is 10.2 Å². The van der Waals surface area contributed by atoms with E-state index in [-0.39, 0.29) is 4.88 Å². The second-order valence-corrected chi connectivity index (χ2v) is 8.05. The first-order valence-electron chi connectivity index (χ1n) is 7.18. The fourth-order valence-corrected chi connectivity index (χ4v) is 4.15. The van der Waals surface area contributed by atoms with Crippen molar-refractivity contribution in [3.63, 3.8) is 0 Å². The van der Waals surface area contributed by atoms with E-state index in [2.05, 4.69) is 5.43 Å². The molecule has 0 bridgehead atoms. The molecule has 0 unspecified atom stereocenters. The summed E-state index contributed by atoms with van der Waals surface area (Å²) in [4.78, 5) is 14.5. The first kappa shape index (κ1) is 17.6. The van der Waals surface area contributed by atoms with Gasteiger partial charge in [0, 0.05) is 15.5 Å². The number of hydrogen-bond donors (Lipinski definition) is 2. The van der Waals surface area contributed by atoms with E-state index >= 15 is 0 Å². The van der Waals surface area contributed by atoms with Gasteiger partial charge < -0.3 is 0 Å². The van der Waals surface area contributed by atoms with E-state index in [1.54, 1.807) is 30.3 Å². The minimum atomic E-state index is -3.83. The highest BCUT2D eigenvalue weighted by molar-refractivity contribution is 7.92. The van der Waals surface area contributed by atoms with E-state index in [0.29, 0.717) is 5.02 Å². The van der Waals surface area contributed by atoms with Crippen molar-refractivity contribution in [2.45, 2.75) is 0 Å². The zero-order chi connectivity index (χ0) is 17.9. The van der Waals surface area contributed by atoms with Crippen LogP contribution in [0.5, 0.6) is 0 Å². The summed E-state index contributed by atoms with van der Waals surface area (Å²) in [6.45, 7) is 0. The molecule has 0 saturated heterocycles.